The Balaban J connectivity index is 2.01. The fraction of sp³-hybridized carbons (Fsp3) is 0.600. The molecule has 2 rings (SSSR count). The highest BCUT2D eigenvalue weighted by molar-refractivity contribution is 7.89. The summed E-state index contributed by atoms with van der Waals surface area (Å²) in [6.07, 6.45) is 0. The number of amides is 2. The zero-order valence-electron chi connectivity index (χ0n) is 17.9. The number of sulfonamides is 1. The lowest BCUT2D eigenvalue weighted by Crippen LogP contribution is -2.57. The first-order valence-electron chi connectivity index (χ1n) is 10.1. The maximum atomic E-state index is 14.0. The van der Waals surface area contributed by atoms with Crippen LogP contribution in [-0.2, 0) is 19.6 Å². The topological polar surface area (TPSA) is 98.8 Å². The lowest BCUT2D eigenvalue weighted by Gasteiger charge is -2.37. The molecule has 0 bridgehead atoms. The lowest BCUT2D eigenvalue weighted by atomic mass is 10.0. The van der Waals surface area contributed by atoms with E-state index in [-0.39, 0.29) is 30.3 Å². The van der Waals surface area contributed by atoms with Crippen molar-refractivity contribution >= 4 is 21.8 Å². The summed E-state index contributed by atoms with van der Waals surface area (Å²) in [6, 6.07) is 4.12. The Kier molecular flexibility index (Phi) is 8.34. The molecule has 8 nitrogen and oxygen atoms in total. The van der Waals surface area contributed by atoms with Crippen molar-refractivity contribution in [1.29, 1.82) is 0 Å². The number of hydrogen-bond acceptors (Lipinski definition) is 5. The molecular weight excluding hydrogens is 411 g/mol. The van der Waals surface area contributed by atoms with Gasteiger partial charge in [-0.1, -0.05) is 26.0 Å². The van der Waals surface area contributed by atoms with Gasteiger partial charge in [-0.3, -0.25) is 14.5 Å². The summed E-state index contributed by atoms with van der Waals surface area (Å²) in [4.78, 5) is 28.0. The number of rotatable bonds is 8. The van der Waals surface area contributed by atoms with Crippen molar-refractivity contribution in [3.63, 3.8) is 0 Å². The normalized spacial score (nSPS) is 16.7. The minimum Gasteiger partial charge on any atom is -0.353 e. The maximum absolute atomic E-state index is 14.0. The number of benzene rings is 1. The molecule has 1 fully saturated rings. The van der Waals surface area contributed by atoms with E-state index in [0.29, 0.717) is 26.2 Å². The fourth-order valence-electron chi connectivity index (χ4n) is 3.26. The van der Waals surface area contributed by atoms with E-state index in [4.69, 9.17) is 0 Å². The van der Waals surface area contributed by atoms with Crippen LogP contribution in [0.15, 0.2) is 29.2 Å². The second-order valence-electron chi connectivity index (χ2n) is 8.10. The van der Waals surface area contributed by atoms with Gasteiger partial charge in [0.15, 0.2) is 0 Å². The van der Waals surface area contributed by atoms with Crippen LogP contribution < -0.4 is 10.0 Å². The molecule has 1 aliphatic rings. The molecule has 1 atom stereocenters. The van der Waals surface area contributed by atoms with Crippen molar-refractivity contribution < 1.29 is 22.4 Å². The van der Waals surface area contributed by atoms with Gasteiger partial charge in [-0.25, -0.2) is 12.8 Å². The van der Waals surface area contributed by atoms with Crippen LogP contribution in [0, 0.1) is 11.7 Å². The first-order chi connectivity index (χ1) is 14.0. The molecule has 168 valence electrons. The van der Waals surface area contributed by atoms with Crippen LogP contribution in [0.25, 0.3) is 0 Å². The van der Waals surface area contributed by atoms with Crippen LogP contribution in [0.5, 0.6) is 0 Å². The molecule has 1 aliphatic heterocycles. The van der Waals surface area contributed by atoms with Crippen LogP contribution >= 0.6 is 0 Å². The number of nitrogens with zero attached hydrogens (tertiary/aromatic N) is 2. The number of carbonyl (C=O) groups is 2. The van der Waals surface area contributed by atoms with E-state index in [0.717, 1.165) is 6.07 Å². The van der Waals surface area contributed by atoms with Crippen molar-refractivity contribution in [1.82, 2.24) is 19.8 Å². The Morgan fingerprint density at radius 3 is 2.20 bits per heavy atom. The molecule has 1 aromatic carbocycles. The number of carbonyl (C=O) groups excluding carboxylic acids is 2. The fourth-order valence-corrected chi connectivity index (χ4v) is 4.68. The second-order valence-corrected chi connectivity index (χ2v) is 9.78. The van der Waals surface area contributed by atoms with E-state index in [1.165, 1.54) is 18.2 Å². The summed E-state index contributed by atoms with van der Waals surface area (Å²) < 4.78 is 41.6. The molecule has 0 unspecified atom stereocenters. The average Bonchev–Trinajstić information content (AvgIpc) is 2.65. The number of halogens is 1. The Hall–Kier alpha value is -2.04. The monoisotopic (exact) mass is 442 g/mol. The summed E-state index contributed by atoms with van der Waals surface area (Å²) >= 11 is 0. The summed E-state index contributed by atoms with van der Waals surface area (Å²) in [5.41, 5.74) is 0. The average molecular weight is 443 g/mol. The molecular formula is C20H31FN4O4S. The molecule has 0 aromatic heterocycles. The zero-order valence-corrected chi connectivity index (χ0v) is 18.7. The number of hydrogen-bond donors (Lipinski definition) is 2. The third kappa shape index (κ3) is 6.48. The van der Waals surface area contributed by atoms with Crippen molar-refractivity contribution in [2.45, 2.75) is 44.7 Å². The maximum Gasteiger partial charge on any atom is 0.244 e. The van der Waals surface area contributed by atoms with Crippen LogP contribution in [0.3, 0.4) is 0 Å². The van der Waals surface area contributed by atoms with E-state index in [1.54, 1.807) is 18.7 Å². The molecule has 2 N–H and O–H groups in total. The molecule has 2 amide bonds. The van der Waals surface area contributed by atoms with E-state index in [2.05, 4.69) is 10.0 Å². The quantitative estimate of drug-likeness (QED) is 0.621. The van der Waals surface area contributed by atoms with E-state index >= 15 is 0 Å². The largest absolute Gasteiger partial charge is 0.353 e. The summed E-state index contributed by atoms with van der Waals surface area (Å²) in [5.74, 6) is -1.61. The highest BCUT2D eigenvalue weighted by atomic mass is 32.2. The first-order valence-corrected chi connectivity index (χ1v) is 11.6. The van der Waals surface area contributed by atoms with Crippen molar-refractivity contribution in [2.24, 2.45) is 5.92 Å². The van der Waals surface area contributed by atoms with Crippen LogP contribution in [0.1, 0.15) is 27.7 Å². The molecule has 30 heavy (non-hydrogen) atoms. The second kappa shape index (κ2) is 10.3. The Bertz CT molecular complexity index is 852. The molecule has 0 aliphatic carbocycles. The molecule has 1 aromatic rings. The van der Waals surface area contributed by atoms with Gasteiger partial charge in [-0.2, -0.15) is 4.72 Å². The molecule has 0 saturated carbocycles. The molecule has 10 heteroatoms. The molecule has 1 heterocycles. The van der Waals surface area contributed by atoms with Gasteiger partial charge in [0.1, 0.15) is 16.8 Å². The molecule has 0 spiro atoms. The minimum absolute atomic E-state index is 0.0645. The summed E-state index contributed by atoms with van der Waals surface area (Å²) in [6.45, 7) is 9.32. The predicted octanol–water partition coefficient (Wildman–Crippen LogP) is 0.797. The van der Waals surface area contributed by atoms with E-state index in [1.807, 2.05) is 18.7 Å². The standard InChI is InChI=1S/C20H31FN4O4S/c1-14(2)19(23-30(28,29)17-8-6-5-7-16(17)21)20(27)25-11-9-24(10-12-25)13-18(26)22-15(3)4/h5-8,14-15,19,23H,9-13H2,1-4H3,(H,22,26)/t19-/m0/s1. The Morgan fingerprint density at radius 1 is 1.07 bits per heavy atom. The minimum atomic E-state index is -4.19. The smallest absolute Gasteiger partial charge is 0.244 e. The highest BCUT2D eigenvalue weighted by Gasteiger charge is 2.34. The van der Waals surface area contributed by atoms with E-state index in [9.17, 15) is 22.4 Å². The van der Waals surface area contributed by atoms with Crippen LogP contribution in [0.2, 0.25) is 0 Å². The van der Waals surface area contributed by atoms with Gasteiger partial charge in [0.2, 0.25) is 21.8 Å². The third-order valence-electron chi connectivity index (χ3n) is 4.84. The predicted molar refractivity (Wildman–Crippen MR) is 112 cm³/mol. The van der Waals surface area contributed by atoms with Gasteiger partial charge in [0, 0.05) is 32.2 Å². The zero-order chi connectivity index (χ0) is 22.5. The number of nitrogens with one attached hydrogen (secondary N) is 2. The van der Waals surface area contributed by atoms with Crippen LogP contribution in [0.4, 0.5) is 4.39 Å². The van der Waals surface area contributed by atoms with Gasteiger partial charge in [-0.15, -0.1) is 0 Å². The van der Waals surface area contributed by atoms with Gasteiger partial charge >= 0.3 is 0 Å². The Morgan fingerprint density at radius 2 is 1.67 bits per heavy atom. The van der Waals surface area contributed by atoms with E-state index < -0.39 is 26.8 Å². The van der Waals surface area contributed by atoms with Crippen molar-refractivity contribution in [3.05, 3.63) is 30.1 Å². The third-order valence-corrected chi connectivity index (χ3v) is 6.32. The molecule has 1 saturated heterocycles. The van der Waals surface area contributed by atoms with Gasteiger partial charge in [0.25, 0.3) is 0 Å². The van der Waals surface area contributed by atoms with Gasteiger partial charge in [0.05, 0.1) is 6.54 Å². The highest BCUT2D eigenvalue weighted by Crippen LogP contribution is 2.17. The van der Waals surface area contributed by atoms with Crippen LogP contribution in [-0.4, -0.2) is 74.8 Å². The summed E-state index contributed by atoms with van der Waals surface area (Å²) in [5, 5.41) is 2.83. The molecule has 0 radical (unpaired) electrons. The lowest BCUT2D eigenvalue weighted by molar-refractivity contribution is -0.136. The SMILES string of the molecule is CC(C)NC(=O)CN1CCN(C(=O)[C@@H](NS(=O)(=O)c2ccccc2F)C(C)C)CC1. The summed E-state index contributed by atoms with van der Waals surface area (Å²) in [7, 11) is -4.19. The van der Waals surface area contributed by atoms with Gasteiger partial charge < -0.3 is 10.2 Å². The first kappa shape index (κ1) is 24.2. The number of piperazine rings is 1. The van der Waals surface area contributed by atoms with Crippen molar-refractivity contribution in [2.75, 3.05) is 32.7 Å². The van der Waals surface area contributed by atoms with Gasteiger partial charge in [-0.05, 0) is 31.9 Å². The van der Waals surface area contributed by atoms with Crippen molar-refractivity contribution in [3.8, 4) is 0 Å². The Labute approximate surface area is 177 Å².